The zero-order valence-corrected chi connectivity index (χ0v) is 8.30. The topological polar surface area (TPSA) is 26.3 Å². The highest BCUT2D eigenvalue weighted by Gasteiger charge is 2.04. The Hall–Kier alpha value is -0.830. The molecule has 0 N–H and O–H groups in total. The molecule has 1 aromatic rings. The van der Waals surface area contributed by atoms with Crippen LogP contribution in [0.1, 0.15) is 22.8 Å². The summed E-state index contributed by atoms with van der Waals surface area (Å²) in [5, 5.41) is 0. The van der Waals surface area contributed by atoms with E-state index in [-0.39, 0.29) is 5.97 Å². The summed E-state index contributed by atoms with van der Waals surface area (Å²) in [6, 6.07) is 7.37. The second-order valence-electron chi connectivity index (χ2n) is 2.42. The predicted octanol–water partition coefficient (Wildman–Crippen LogP) is 2.72. The van der Waals surface area contributed by atoms with Crippen LogP contribution < -0.4 is 0 Å². The predicted molar refractivity (Wildman–Crippen MR) is 50.2 cm³/mol. The highest BCUT2D eigenvalue weighted by Crippen LogP contribution is 2.08. The average Bonchev–Trinajstić information content (AvgIpc) is 2.17. The van der Waals surface area contributed by atoms with E-state index in [4.69, 9.17) is 0 Å². The van der Waals surface area contributed by atoms with E-state index in [2.05, 4.69) is 20.1 Å². The maximum Gasteiger partial charge on any atom is 0.349 e. The van der Waals surface area contributed by atoms with Crippen LogP contribution in [0.4, 0.5) is 0 Å². The number of rotatable bonds is 2. The minimum atomic E-state index is -0.356. The lowest BCUT2D eigenvalue weighted by molar-refractivity contribution is 0.0782. The van der Waals surface area contributed by atoms with Gasteiger partial charge < -0.3 is 3.83 Å². The van der Waals surface area contributed by atoms with E-state index in [0.29, 0.717) is 5.56 Å². The number of aryl methyl sites for hydroxylation is 1. The molecule has 1 rings (SSSR count). The third-order valence-corrected chi connectivity index (χ3v) is 1.94. The SMILES string of the molecule is CCc1cccc(C(=O)OBr)c1. The maximum atomic E-state index is 11.0. The lowest BCUT2D eigenvalue weighted by atomic mass is 10.1. The highest BCUT2D eigenvalue weighted by atomic mass is 79.9. The summed E-state index contributed by atoms with van der Waals surface area (Å²) in [5.41, 5.74) is 1.71. The molecule has 64 valence electrons. The smallest absolute Gasteiger partial charge is 0.349 e. The van der Waals surface area contributed by atoms with Gasteiger partial charge in [0.25, 0.3) is 0 Å². The van der Waals surface area contributed by atoms with Crippen molar-refractivity contribution in [2.45, 2.75) is 13.3 Å². The molecule has 0 aliphatic heterocycles. The quantitative estimate of drug-likeness (QED) is 0.779. The van der Waals surface area contributed by atoms with Gasteiger partial charge in [-0.25, -0.2) is 4.79 Å². The van der Waals surface area contributed by atoms with Gasteiger partial charge in [0.05, 0.1) is 5.56 Å². The molecule has 0 heterocycles. The summed E-state index contributed by atoms with van der Waals surface area (Å²) >= 11 is 2.65. The number of carbonyl (C=O) groups is 1. The van der Waals surface area contributed by atoms with Crippen molar-refractivity contribution in [2.75, 3.05) is 0 Å². The number of benzene rings is 1. The standard InChI is InChI=1S/C9H9BrO2/c1-2-7-4-3-5-8(6-7)9(11)12-10/h3-6H,2H2,1H3. The average molecular weight is 229 g/mol. The molecule has 0 unspecified atom stereocenters. The lowest BCUT2D eigenvalue weighted by Gasteiger charge is -1.99. The minimum Gasteiger partial charge on any atom is -0.380 e. The Labute approximate surface area is 80.0 Å². The van der Waals surface area contributed by atoms with E-state index < -0.39 is 0 Å². The maximum absolute atomic E-state index is 11.0. The third-order valence-electron chi connectivity index (χ3n) is 1.64. The fourth-order valence-electron chi connectivity index (χ4n) is 0.963. The van der Waals surface area contributed by atoms with Crippen LogP contribution in [-0.2, 0) is 10.2 Å². The van der Waals surface area contributed by atoms with Gasteiger partial charge in [-0.2, -0.15) is 0 Å². The Kier molecular flexibility index (Phi) is 3.29. The van der Waals surface area contributed by atoms with Gasteiger partial charge in [-0.05, 0) is 24.1 Å². The Bertz CT molecular complexity index is 284. The van der Waals surface area contributed by atoms with Gasteiger partial charge >= 0.3 is 5.97 Å². The minimum absolute atomic E-state index is 0.356. The monoisotopic (exact) mass is 228 g/mol. The van der Waals surface area contributed by atoms with E-state index in [1.165, 1.54) is 0 Å². The zero-order chi connectivity index (χ0) is 8.97. The molecule has 3 heteroatoms. The molecule has 2 nitrogen and oxygen atoms in total. The first-order valence-electron chi connectivity index (χ1n) is 3.69. The van der Waals surface area contributed by atoms with Crippen LogP contribution in [0.15, 0.2) is 24.3 Å². The van der Waals surface area contributed by atoms with E-state index >= 15 is 0 Å². The summed E-state index contributed by atoms with van der Waals surface area (Å²) in [7, 11) is 0. The summed E-state index contributed by atoms with van der Waals surface area (Å²) in [4.78, 5) is 11.0. The molecule has 0 aliphatic rings. The fraction of sp³-hybridized carbons (Fsp3) is 0.222. The molecule has 0 amide bonds. The summed E-state index contributed by atoms with van der Waals surface area (Å²) in [5.74, 6) is -0.356. The van der Waals surface area contributed by atoms with Crippen molar-refractivity contribution in [3.05, 3.63) is 35.4 Å². The number of hydrogen-bond acceptors (Lipinski definition) is 2. The molecule has 0 atom stereocenters. The Morgan fingerprint density at radius 3 is 2.92 bits per heavy atom. The molecule has 0 fully saturated rings. The summed E-state index contributed by atoms with van der Waals surface area (Å²) in [6.45, 7) is 2.04. The van der Waals surface area contributed by atoms with Crippen LogP contribution in [0.5, 0.6) is 0 Å². The van der Waals surface area contributed by atoms with Crippen molar-refractivity contribution in [1.82, 2.24) is 0 Å². The van der Waals surface area contributed by atoms with Gasteiger partial charge in [-0.1, -0.05) is 19.1 Å². The van der Waals surface area contributed by atoms with Crippen LogP contribution in [0.3, 0.4) is 0 Å². The van der Waals surface area contributed by atoms with Gasteiger partial charge in [0, 0.05) is 0 Å². The van der Waals surface area contributed by atoms with Crippen LogP contribution in [-0.4, -0.2) is 5.97 Å². The molecule has 0 aromatic heterocycles. The molecule has 1 aromatic carbocycles. The van der Waals surface area contributed by atoms with Crippen molar-refractivity contribution in [2.24, 2.45) is 0 Å². The van der Waals surface area contributed by atoms with E-state index in [0.717, 1.165) is 12.0 Å². The Balaban J connectivity index is 2.93. The first-order valence-corrected chi connectivity index (χ1v) is 4.34. The molecular weight excluding hydrogens is 220 g/mol. The van der Waals surface area contributed by atoms with Crippen LogP contribution >= 0.6 is 16.3 Å². The van der Waals surface area contributed by atoms with Gasteiger partial charge in [-0.15, -0.1) is 0 Å². The van der Waals surface area contributed by atoms with Crippen molar-refractivity contribution in [1.29, 1.82) is 0 Å². The van der Waals surface area contributed by atoms with Crippen LogP contribution in [0.2, 0.25) is 0 Å². The lowest BCUT2D eigenvalue weighted by Crippen LogP contribution is -1.97. The van der Waals surface area contributed by atoms with E-state index in [1.54, 1.807) is 6.07 Å². The van der Waals surface area contributed by atoms with Crippen molar-refractivity contribution >= 4 is 22.2 Å². The molecule has 0 aliphatic carbocycles. The number of hydrogen-bond donors (Lipinski definition) is 0. The molecule has 0 bridgehead atoms. The van der Waals surface area contributed by atoms with Crippen molar-refractivity contribution < 1.29 is 8.62 Å². The Morgan fingerprint density at radius 2 is 2.33 bits per heavy atom. The first kappa shape index (κ1) is 9.26. The third kappa shape index (κ3) is 2.08. The molecule has 0 saturated heterocycles. The molecular formula is C9H9BrO2. The number of halogens is 1. The van der Waals surface area contributed by atoms with E-state index in [1.807, 2.05) is 25.1 Å². The van der Waals surface area contributed by atoms with Crippen molar-refractivity contribution in [3.8, 4) is 0 Å². The molecule has 0 saturated carbocycles. The molecule has 0 spiro atoms. The normalized spacial score (nSPS) is 9.50. The van der Waals surface area contributed by atoms with Gasteiger partial charge in [-0.3, -0.25) is 0 Å². The van der Waals surface area contributed by atoms with Gasteiger partial charge in [0.1, 0.15) is 0 Å². The fourth-order valence-corrected chi connectivity index (χ4v) is 1.15. The van der Waals surface area contributed by atoms with Gasteiger partial charge in [0.15, 0.2) is 16.3 Å². The van der Waals surface area contributed by atoms with Gasteiger partial charge in [0.2, 0.25) is 0 Å². The summed E-state index contributed by atoms with van der Waals surface area (Å²) in [6.07, 6.45) is 0.920. The largest absolute Gasteiger partial charge is 0.380 e. The molecule has 0 radical (unpaired) electrons. The van der Waals surface area contributed by atoms with Crippen molar-refractivity contribution in [3.63, 3.8) is 0 Å². The highest BCUT2D eigenvalue weighted by molar-refractivity contribution is 9.06. The second kappa shape index (κ2) is 4.26. The number of carbonyl (C=O) groups excluding carboxylic acids is 1. The van der Waals surface area contributed by atoms with Crippen LogP contribution in [0.25, 0.3) is 0 Å². The Morgan fingerprint density at radius 1 is 1.58 bits per heavy atom. The zero-order valence-electron chi connectivity index (χ0n) is 6.71. The van der Waals surface area contributed by atoms with E-state index in [9.17, 15) is 4.79 Å². The summed E-state index contributed by atoms with van der Waals surface area (Å²) < 4.78 is 4.41. The second-order valence-corrected chi connectivity index (χ2v) is 2.74. The molecule has 12 heavy (non-hydrogen) atoms. The first-order chi connectivity index (χ1) is 5.77. The van der Waals surface area contributed by atoms with Crippen LogP contribution in [0, 0.1) is 0 Å².